The Morgan fingerprint density at radius 2 is 1.95 bits per heavy atom. The van der Waals surface area contributed by atoms with Crippen LogP contribution in [0.3, 0.4) is 0 Å². The number of hydrogen-bond acceptors (Lipinski definition) is 2. The van der Waals surface area contributed by atoms with Crippen molar-refractivity contribution in [2.75, 3.05) is 13.1 Å². The van der Waals surface area contributed by atoms with Gasteiger partial charge in [-0.2, -0.15) is 5.10 Å². The number of rotatable bonds is 3. The normalized spacial score (nSPS) is 14.7. The molecule has 1 amide bonds. The summed E-state index contributed by atoms with van der Waals surface area (Å²) in [6.07, 6.45) is 3.18. The minimum atomic E-state index is 0.144. The van der Waals surface area contributed by atoms with Gasteiger partial charge in [-0.25, -0.2) is 0 Å². The number of carbonyl (C=O) groups excluding carboxylic acids is 1. The van der Waals surface area contributed by atoms with Gasteiger partial charge in [0.05, 0.1) is 3.57 Å². The van der Waals surface area contributed by atoms with Gasteiger partial charge < -0.3 is 4.90 Å². The zero-order valence-electron chi connectivity index (χ0n) is 12.0. The molecule has 3 rings (SSSR count). The Morgan fingerprint density at radius 1 is 1.29 bits per heavy atom. The maximum absolute atomic E-state index is 12.3. The van der Waals surface area contributed by atoms with Crippen molar-refractivity contribution in [3.05, 3.63) is 39.1 Å². The summed E-state index contributed by atoms with van der Waals surface area (Å²) >= 11 is 2.32. The molecule has 1 aliphatic rings. The van der Waals surface area contributed by atoms with E-state index in [2.05, 4.69) is 39.7 Å². The molecule has 2 aromatic rings. The summed E-state index contributed by atoms with van der Waals surface area (Å²) in [5.41, 5.74) is 3.94. The lowest BCUT2D eigenvalue weighted by molar-refractivity contribution is 0.0793. The van der Waals surface area contributed by atoms with Crippen molar-refractivity contribution in [3.63, 3.8) is 0 Å². The Kier molecular flexibility index (Phi) is 4.28. The molecular weight excluding hydrogens is 377 g/mol. The highest BCUT2D eigenvalue weighted by Gasteiger charge is 2.19. The summed E-state index contributed by atoms with van der Waals surface area (Å²) < 4.78 is 1.16. The molecule has 5 heteroatoms. The second-order valence-corrected chi connectivity index (χ2v) is 6.37. The van der Waals surface area contributed by atoms with E-state index in [-0.39, 0.29) is 5.91 Å². The lowest BCUT2D eigenvalue weighted by atomic mass is 10.1. The van der Waals surface area contributed by atoms with Crippen molar-refractivity contribution in [1.29, 1.82) is 0 Å². The topological polar surface area (TPSA) is 49.0 Å². The Morgan fingerprint density at radius 3 is 2.52 bits per heavy atom. The minimum absolute atomic E-state index is 0.144. The number of carbonyl (C=O) groups is 1. The number of halogens is 1. The minimum Gasteiger partial charge on any atom is -0.339 e. The summed E-state index contributed by atoms with van der Waals surface area (Å²) in [6, 6.07) is 7.79. The van der Waals surface area contributed by atoms with Crippen LogP contribution in [0.4, 0.5) is 0 Å². The molecule has 0 atom stereocenters. The Hall–Kier alpha value is -1.37. The first-order valence-electron chi connectivity index (χ1n) is 7.33. The summed E-state index contributed by atoms with van der Waals surface area (Å²) in [7, 11) is 0. The molecular formula is C16H18IN3O. The molecule has 1 aromatic heterocycles. The first-order valence-corrected chi connectivity index (χ1v) is 8.41. The average molecular weight is 395 g/mol. The van der Waals surface area contributed by atoms with Gasteiger partial charge in [-0.15, -0.1) is 0 Å². The number of aromatic nitrogens is 2. The van der Waals surface area contributed by atoms with E-state index in [1.807, 2.05) is 29.2 Å². The molecule has 0 radical (unpaired) electrons. The fourth-order valence-corrected chi connectivity index (χ4v) is 3.60. The van der Waals surface area contributed by atoms with Crippen LogP contribution in [-0.2, 0) is 6.42 Å². The molecule has 0 unspecified atom stereocenters. The van der Waals surface area contributed by atoms with Crippen molar-refractivity contribution in [2.45, 2.75) is 26.2 Å². The van der Waals surface area contributed by atoms with Gasteiger partial charge in [0.2, 0.25) is 0 Å². The van der Waals surface area contributed by atoms with E-state index in [1.54, 1.807) is 0 Å². The largest absolute Gasteiger partial charge is 0.339 e. The van der Waals surface area contributed by atoms with Gasteiger partial charge in [0, 0.05) is 29.9 Å². The van der Waals surface area contributed by atoms with Gasteiger partial charge in [-0.1, -0.05) is 19.1 Å². The standard InChI is InChI=1S/C16H18IN3O/c1-2-13-14(17)15(19-18-13)11-5-7-12(8-6-11)16(21)20-9-3-4-10-20/h5-8H,2-4,9-10H2,1H3,(H,18,19). The molecule has 4 nitrogen and oxygen atoms in total. The molecule has 21 heavy (non-hydrogen) atoms. The molecule has 1 N–H and O–H groups in total. The van der Waals surface area contributed by atoms with Crippen molar-refractivity contribution >= 4 is 28.5 Å². The lowest BCUT2D eigenvalue weighted by Gasteiger charge is -2.15. The van der Waals surface area contributed by atoms with Crippen LogP contribution in [0.5, 0.6) is 0 Å². The van der Waals surface area contributed by atoms with E-state index in [0.29, 0.717) is 0 Å². The van der Waals surface area contributed by atoms with Gasteiger partial charge >= 0.3 is 0 Å². The number of aromatic amines is 1. The third kappa shape index (κ3) is 2.84. The van der Waals surface area contributed by atoms with Crippen LogP contribution in [0.1, 0.15) is 35.8 Å². The van der Waals surface area contributed by atoms with E-state index >= 15 is 0 Å². The van der Waals surface area contributed by atoms with Crippen LogP contribution >= 0.6 is 22.6 Å². The maximum Gasteiger partial charge on any atom is 0.253 e. The number of aryl methyl sites for hydroxylation is 1. The maximum atomic E-state index is 12.3. The first-order chi connectivity index (χ1) is 10.2. The molecule has 1 saturated heterocycles. The molecule has 0 spiro atoms. The van der Waals surface area contributed by atoms with Crippen molar-refractivity contribution in [1.82, 2.24) is 15.1 Å². The van der Waals surface area contributed by atoms with Gasteiger partial charge in [0.15, 0.2) is 0 Å². The van der Waals surface area contributed by atoms with Gasteiger partial charge in [0.1, 0.15) is 5.69 Å². The highest BCUT2D eigenvalue weighted by molar-refractivity contribution is 14.1. The Balaban J connectivity index is 1.83. The van der Waals surface area contributed by atoms with E-state index in [4.69, 9.17) is 0 Å². The molecule has 2 heterocycles. The highest BCUT2D eigenvalue weighted by atomic mass is 127. The smallest absolute Gasteiger partial charge is 0.253 e. The van der Waals surface area contributed by atoms with Crippen LogP contribution in [0.25, 0.3) is 11.3 Å². The van der Waals surface area contributed by atoms with Crippen LogP contribution in [0, 0.1) is 3.57 Å². The number of nitrogens with one attached hydrogen (secondary N) is 1. The summed E-state index contributed by atoms with van der Waals surface area (Å²) in [5.74, 6) is 0.144. The van der Waals surface area contributed by atoms with Gasteiger partial charge in [0.25, 0.3) is 5.91 Å². The summed E-state index contributed by atoms with van der Waals surface area (Å²) in [5, 5.41) is 7.45. The zero-order valence-corrected chi connectivity index (χ0v) is 14.2. The fraction of sp³-hybridized carbons (Fsp3) is 0.375. The van der Waals surface area contributed by atoms with Crippen LogP contribution < -0.4 is 0 Å². The van der Waals surface area contributed by atoms with Crippen molar-refractivity contribution in [3.8, 4) is 11.3 Å². The Labute approximate surface area is 138 Å². The second-order valence-electron chi connectivity index (χ2n) is 5.29. The fourth-order valence-electron chi connectivity index (χ4n) is 2.66. The summed E-state index contributed by atoms with van der Waals surface area (Å²) in [6.45, 7) is 3.88. The number of nitrogens with zero attached hydrogens (tertiary/aromatic N) is 2. The summed E-state index contributed by atoms with van der Waals surface area (Å²) in [4.78, 5) is 14.2. The highest BCUT2D eigenvalue weighted by Crippen LogP contribution is 2.26. The number of benzene rings is 1. The van der Waals surface area contributed by atoms with Crippen LogP contribution in [0.15, 0.2) is 24.3 Å². The van der Waals surface area contributed by atoms with Crippen LogP contribution in [0.2, 0.25) is 0 Å². The number of amides is 1. The van der Waals surface area contributed by atoms with E-state index < -0.39 is 0 Å². The van der Waals surface area contributed by atoms with E-state index in [1.165, 1.54) is 0 Å². The number of H-pyrrole nitrogens is 1. The van der Waals surface area contributed by atoms with Crippen LogP contribution in [-0.4, -0.2) is 34.1 Å². The molecule has 1 aliphatic heterocycles. The lowest BCUT2D eigenvalue weighted by Crippen LogP contribution is -2.27. The third-order valence-corrected chi connectivity index (χ3v) is 5.09. The van der Waals surface area contributed by atoms with Gasteiger partial charge in [-0.3, -0.25) is 9.89 Å². The third-order valence-electron chi connectivity index (χ3n) is 3.93. The van der Waals surface area contributed by atoms with Gasteiger partial charge in [-0.05, 0) is 54.0 Å². The SMILES string of the molecule is CCc1[nH]nc(-c2ccc(C(=O)N3CCCC3)cc2)c1I. The molecule has 1 aromatic carbocycles. The monoisotopic (exact) mass is 395 g/mol. The molecule has 110 valence electrons. The predicted octanol–water partition coefficient (Wildman–Crippen LogP) is 3.48. The number of hydrogen-bond donors (Lipinski definition) is 1. The Bertz CT molecular complexity index is 642. The van der Waals surface area contributed by atoms with E-state index in [9.17, 15) is 4.79 Å². The van der Waals surface area contributed by atoms with Crippen molar-refractivity contribution < 1.29 is 4.79 Å². The predicted molar refractivity (Wildman–Crippen MR) is 91.3 cm³/mol. The molecule has 0 bridgehead atoms. The molecule has 1 fully saturated rings. The average Bonchev–Trinajstić information content (AvgIpc) is 3.16. The second kappa shape index (κ2) is 6.17. The molecule has 0 saturated carbocycles. The quantitative estimate of drug-likeness (QED) is 0.810. The zero-order chi connectivity index (χ0) is 14.8. The van der Waals surface area contributed by atoms with E-state index in [0.717, 1.165) is 58.4 Å². The first kappa shape index (κ1) is 14.6. The number of likely N-dealkylation sites (tertiary alicyclic amines) is 1. The van der Waals surface area contributed by atoms with Crippen molar-refractivity contribution in [2.24, 2.45) is 0 Å². The molecule has 0 aliphatic carbocycles.